The van der Waals surface area contributed by atoms with Gasteiger partial charge in [0, 0.05) is 31.4 Å². The second-order valence-electron chi connectivity index (χ2n) is 8.15. The van der Waals surface area contributed by atoms with Crippen LogP contribution in [0.2, 0.25) is 0 Å². The van der Waals surface area contributed by atoms with Crippen LogP contribution in [-0.4, -0.2) is 70.2 Å². The van der Waals surface area contributed by atoms with Gasteiger partial charge in [-0.2, -0.15) is 0 Å². The summed E-state index contributed by atoms with van der Waals surface area (Å²) < 4.78 is 0. The van der Waals surface area contributed by atoms with E-state index in [0.717, 1.165) is 31.3 Å². The lowest BCUT2D eigenvalue weighted by Gasteiger charge is -2.24. The van der Waals surface area contributed by atoms with Crippen molar-refractivity contribution in [2.75, 3.05) is 13.1 Å². The first-order chi connectivity index (χ1) is 16.5. The second kappa shape index (κ2) is 14.8. The number of hydrogen-bond donors (Lipinski definition) is 3. The van der Waals surface area contributed by atoms with Crippen molar-refractivity contribution in [1.29, 1.82) is 0 Å². The molecule has 0 aromatic carbocycles. The van der Waals surface area contributed by atoms with Crippen molar-refractivity contribution in [3.63, 3.8) is 0 Å². The Kier molecular flexibility index (Phi) is 11.7. The average Bonchev–Trinajstić information content (AvgIpc) is 3.40. The van der Waals surface area contributed by atoms with E-state index in [1.807, 2.05) is 25.2 Å². The first-order valence-corrected chi connectivity index (χ1v) is 11.7. The van der Waals surface area contributed by atoms with Gasteiger partial charge in [-0.1, -0.05) is 36.5 Å². The summed E-state index contributed by atoms with van der Waals surface area (Å²) in [6.45, 7) is 6.92. The molecule has 1 aromatic rings. The summed E-state index contributed by atoms with van der Waals surface area (Å²) in [5.74, 6) is -1.78. The van der Waals surface area contributed by atoms with Crippen LogP contribution in [0.3, 0.4) is 0 Å². The average molecular weight is 467 g/mol. The SMILES string of the molecule is C=C/C=C\C(=C/C)CCC[C@@H](BO)NC(=O)[C@@H](CC(=O)N1CCCC1)NC(=O)c1cnccn1. The molecule has 2 atom stereocenters. The smallest absolute Gasteiger partial charge is 0.293 e. The van der Waals surface area contributed by atoms with Crippen LogP contribution in [0.4, 0.5) is 0 Å². The fourth-order valence-corrected chi connectivity index (χ4v) is 3.71. The van der Waals surface area contributed by atoms with Crippen LogP contribution in [0.5, 0.6) is 0 Å². The predicted octanol–water partition coefficient (Wildman–Crippen LogP) is 1.23. The maximum atomic E-state index is 13.0. The molecule has 9 nitrogen and oxygen atoms in total. The van der Waals surface area contributed by atoms with Crippen LogP contribution in [-0.2, 0) is 9.59 Å². The largest absolute Gasteiger partial charge is 0.452 e. The number of amides is 3. The number of hydrogen-bond acceptors (Lipinski definition) is 6. The Balaban J connectivity index is 2.01. The highest BCUT2D eigenvalue weighted by molar-refractivity contribution is 6.28. The number of carbonyl (C=O) groups is 3. The van der Waals surface area contributed by atoms with E-state index in [4.69, 9.17) is 0 Å². The first-order valence-electron chi connectivity index (χ1n) is 11.7. The Bertz CT molecular complexity index is 885. The number of rotatable bonds is 13. The molecule has 0 aliphatic carbocycles. The lowest BCUT2D eigenvalue weighted by atomic mass is 9.83. The Hall–Kier alpha value is -3.27. The molecule has 1 saturated heterocycles. The quantitative estimate of drug-likeness (QED) is 0.296. The zero-order chi connectivity index (χ0) is 24.8. The van der Waals surface area contributed by atoms with E-state index < -0.39 is 23.8 Å². The third-order valence-corrected chi connectivity index (χ3v) is 5.66. The van der Waals surface area contributed by atoms with Crippen molar-refractivity contribution < 1.29 is 19.4 Å². The normalized spacial score (nSPS) is 15.6. The zero-order valence-corrected chi connectivity index (χ0v) is 19.8. The summed E-state index contributed by atoms with van der Waals surface area (Å²) in [6.07, 6.45) is 15.4. The van der Waals surface area contributed by atoms with E-state index >= 15 is 0 Å². The minimum Gasteiger partial charge on any atom is -0.452 e. The van der Waals surface area contributed by atoms with Gasteiger partial charge in [0.05, 0.1) is 12.6 Å². The van der Waals surface area contributed by atoms with Gasteiger partial charge in [0.2, 0.25) is 11.8 Å². The van der Waals surface area contributed by atoms with Crippen molar-refractivity contribution in [1.82, 2.24) is 25.5 Å². The molecule has 34 heavy (non-hydrogen) atoms. The fraction of sp³-hybridized carbons (Fsp3) is 0.458. The molecule has 1 aliphatic rings. The summed E-state index contributed by atoms with van der Waals surface area (Å²) in [5.41, 5.74) is 1.19. The molecule has 182 valence electrons. The standard InChI is InChI=1S/C24H34BN5O4/c1-3-5-9-18(4-2)10-8-11-21(25-34)29-23(32)19(16-22(31)30-14-6-7-15-30)28-24(33)20-17-26-12-13-27-20/h3-5,9,12-13,17,19,21,25,34H,1,6-8,10-11,14-16H2,2H3,(H,28,33)(H,29,32)/b9-5-,18-4+/t19-,21+/m1/s1. The molecule has 0 saturated carbocycles. The highest BCUT2D eigenvalue weighted by Crippen LogP contribution is 2.13. The summed E-state index contributed by atoms with van der Waals surface area (Å²) in [5, 5.41) is 15.2. The topological polar surface area (TPSA) is 125 Å². The predicted molar refractivity (Wildman–Crippen MR) is 132 cm³/mol. The molecule has 0 radical (unpaired) electrons. The summed E-state index contributed by atoms with van der Waals surface area (Å²) >= 11 is 0. The van der Waals surface area contributed by atoms with Crippen LogP contribution in [0.1, 0.15) is 55.9 Å². The number of aromatic nitrogens is 2. The molecule has 0 spiro atoms. The molecule has 2 heterocycles. The molecule has 1 fully saturated rings. The maximum Gasteiger partial charge on any atom is 0.293 e. The number of allylic oxidation sites excluding steroid dienone is 5. The highest BCUT2D eigenvalue weighted by Gasteiger charge is 2.29. The van der Waals surface area contributed by atoms with Crippen LogP contribution >= 0.6 is 0 Å². The van der Waals surface area contributed by atoms with Gasteiger partial charge in [-0.15, -0.1) is 0 Å². The van der Waals surface area contributed by atoms with E-state index in [1.54, 1.807) is 11.0 Å². The van der Waals surface area contributed by atoms with Gasteiger partial charge < -0.3 is 20.6 Å². The first kappa shape index (κ1) is 27.0. The Morgan fingerprint density at radius 2 is 2.03 bits per heavy atom. The zero-order valence-electron chi connectivity index (χ0n) is 19.8. The third-order valence-electron chi connectivity index (χ3n) is 5.66. The monoisotopic (exact) mass is 467 g/mol. The molecule has 0 bridgehead atoms. The van der Waals surface area contributed by atoms with Gasteiger partial charge in [0.25, 0.3) is 13.4 Å². The minimum atomic E-state index is -1.08. The van der Waals surface area contributed by atoms with E-state index in [0.29, 0.717) is 19.5 Å². The number of likely N-dealkylation sites (tertiary alicyclic amines) is 1. The van der Waals surface area contributed by atoms with E-state index in [2.05, 4.69) is 27.2 Å². The van der Waals surface area contributed by atoms with Crippen molar-refractivity contribution in [2.45, 2.75) is 57.4 Å². The molecule has 3 amide bonds. The molecule has 3 N–H and O–H groups in total. The van der Waals surface area contributed by atoms with Gasteiger partial charge in [0.1, 0.15) is 11.7 Å². The Labute approximate surface area is 201 Å². The molecule has 1 aliphatic heterocycles. The maximum absolute atomic E-state index is 13.0. The number of carbonyl (C=O) groups excluding carboxylic acids is 3. The molecule has 0 unspecified atom stereocenters. The van der Waals surface area contributed by atoms with Crippen LogP contribution in [0, 0.1) is 0 Å². The summed E-state index contributed by atoms with van der Waals surface area (Å²) in [4.78, 5) is 47.9. The van der Waals surface area contributed by atoms with Gasteiger partial charge in [-0.3, -0.25) is 19.4 Å². The lowest BCUT2D eigenvalue weighted by molar-refractivity contribution is -0.134. The number of nitrogens with one attached hydrogen (secondary N) is 2. The molecule has 2 rings (SSSR count). The number of nitrogens with zero attached hydrogens (tertiary/aromatic N) is 3. The molecular weight excluding hydrogens is 433 g/mol. The molecule has 1 aromatic heterocycles. The third kappa shape index (κ3) is 8.94. The molecular formula is C24H34BN5O4. The highest BCUT2D eigenvalue weighted by atomic mass is 16.2. The Morgan fingerprint density at radius 1 is 1.26 bits per heavy atom. The van der Waals surface area contributed by atoms with Crippen LogP contribution < -0.4 is 10.6 Å². The van der Waals surface area contributed by atoms with E-state index in [9.17, 15) is 19.4 Å². The van der Waals surface area contributed by atoms with Gasteiger partial charge in [0.15, 0.2) is 0 Å². The second-order valence-corrected chi connectivity index (χ2v) is 8.15. The van der Waals surface area contributed by atoms with Crippen molar-refractivity contribution in [2.24, 2.45) is 0 Å². The van der Waals surface area contributed by atoms with Gasteiger partial charge in [-0.05, 0) is 39.0 Å². The van der Waals surface area contributed by atoms with Gasteiger partial charge in [-0.25, -0.2) is 4.98 Å². The van der Waals surface area contributed by atoms with Crippen LogP contribution in [0.15, 0.2) is 55.0 Å². The van der Waals surface area contributed by atoms with E-state index in [-0.39, 0.29) is 25.5 Å². The van der Waals surface area contributed by atoms with Crippen molar-refractivity contribution in [3.05, 3.63) is 60.7 Å². The Morgan fingerprint density at radius 3 is 2.65 bits per heavy atom. The van der Waals surface area contributed by atoms with Gasteiger partial charge >= 0.3 is 0 Å². The van der Waals surface area contributed by atoms with E-state index in [1.165, 1.54) is 18.6 Å². The summed E-state index contributed by atoms with van der Waals surface area (Å²) in [6, 6.07) is -1.08. The summed E-state index contributed by atoms with van der Waals surface area (Å²) in [7, 11) is -0.246. The molecule has 10 heteroatoms. The van der Waals surface area contributed by atoms with Crippen molar-refractivity contribution >= 4 is 25.2 Å². The minimum absolute atomic E-state index is 0.0547. The fourth-order valence-electron chi connectivity index (χ4n) is 3.71. The van der Waals surface area contributed by atoms with Crippen molar-refractivity contribution in [3.8, 4) is 0 Å². The van der Waals surface area contributed by atoms with Crippen LogP contribution in [0.25, 0.3) is 0 Å². The lowest BCUT2D eigenvalue weighted by Crippen LogP contribution is -2.53.